The second kappa shape index (κ2) is 95.7. The molecule has 6 nitrogen and oxygen atoms in total. The summed E-state index contributed by atoms with van der Waals surface area (Å²) in [6, 6.07) is 0. The van der Waals surface area contributed by atoms with E-state index >= 15 is 0 Å². The summed E-state index contributed by atoms with van der Waals surface area (Å²) < 4.78 is 37.3. The maximum absolute atomic E-state index is 7.50. The van der Waals surface area contributed by atoms with Crippen LogP contribution in [0.15, 0.2) is 9.65 Å². The van der Waals surface area contributed by atoms with Crippen LogP contribution in [-0.2, 0) is 40.6 Å². The molecule has 0 aliphatic carbocycles. The Morgan fingerprint density at radius 1 is 0.667 bits per heavy atom. The van der Waals surface area contributed by atoms with Crippen LogP contribution in [0.5, 0.6) is 0 Å². The summed E-state index contributed by atoms with van der Waals surface area (Å²) in [6.45, 7) is 28.7. The largest absolute Gasteiger partial charge is 0 e. The third kappa shape index (κ3) is 111. The Hall–Kier alpha value is -0.668. The Labute approximate surface area is 129 Å². The average Bonchev–Trinajstić information content (AvgIpc) is 2.48. The second-order valence-electron chi connectivity index (χ2n) is 0.663. The smallest absolute Gasteiger partial charge is 0 e. The molecule has 0 atom stereocenters. The van der Waals surface area contributed by atoms with Gasteiger partial charge in [0.2, 0.25) is 0 Å². The molecule has 94 valence electrons. The summed E-state index contributed by atoms with van der Waals surface area (Å²) in [5, 5.41) is -0.191. The fourth-order valence-electron chi connectivity index (χ4n) is 0.0423. The molecule has 0 rings (SSSR count). The molecule has 0 N–H and O–H groups in total. The first-order valence-corrected chi connectivity index (χ1v) is 3.42. The van der Waals surface area contributed by atoms with Crippen LogP contribution in [0.3, 0.4) is 0 Å². The first-order chi connectivity index (χ1) is 8.18. The van der Waals surface area contributed by atoms with Crippen LogP contribution in [0, 0.1) is 39.8 Å². The molecule has 0 radical (unpaired) electrons. The normalized spacial score (nSPS) is 3.33. The van der Waals surface area contributed by atoms with E-state index in [-0.39, 0.29) is 27.0 Å². The quantitative estimate of drug-likeness (QED) is 0.365. The monoisotopic (exact) mass is 347 g/mol. The zero-order chi connectivity index (χ0) is 15.9. The van der Waals surface area contributed by atoms with Gasteiger partial charge in [0.05, 0.1) is 6.57 Å². The summed E-state index contributed by atoms with van der Waals surface area (Å²) in [5.41, 5.74) is 0. The fraction of sp³-hybridized carbons (Fsp3) is 0. The van der Waals surface area contributed by atoms with Gasteiger partial charge in [-0.3, -0.25) is 0 Å². The molecule has 18 heavy (non-hydrogen) atoms. The van der Waals surface area contributed by atoms with Crippen molar-refractivity contribution in [2.24, 2.45) is 0 Å². The maximum atomic E-state index is 7.50. The minimum atomic E-state index is -0.191. The molecule has 0 bridgehead atoms. The molecule has 0 saturated carbocycles. The first kappa shape index (κ1) is 43.3. The van der Waals surface area contributed by atoms with Gasteiger partial charge in [0.25, 0.3) is 5.16 Å². The van der Waals surface area contributed by atoms with Crippen LogP contribution >= 0.6 is 34.8 Å². The van der Waals surface area contributed by atoms with Crippen LogP contribution in [0.4, 0.5) is 0 Å². The van der Waals surface area contributed by atoms with Gasteiger partial charge in [0, 0.05) is 17.4 Å². The van der Waals surface area contributed by atoms with Gasteiger partial charge in [-0.25, -0.2) is 4.85 Å². The summed E-state index contributed by atoms with van der Waals surface area (Å²) in [4.78, 5) is 2.72. The minimum absolute atomic E-state index is 0. The summed E-state index contributed by atoms with van der Waals surface area (Å²) in [5.74, 6) is 0. The molecule has 0 fully saturated rings. The van der Waals surface area contributed by atoms with Crippen molar-refractivity contribution in [3.63, 3.8) is 0 Å². The minimum Gasteiger partial charge on any atom is 0 e. The molecule has 0 aromatic heterocycles. The van der Waals surface area contributed by atoms with Crippen molar-refractivity contribution in [1.29, 1.82) is 0 Å². The molecule has 0 spiro atoms. The van der Waals surface area contributed by atoms with Gasteiger partial charge >= 0.3 is 56.5 Å². The molecule has 0 aliphatic heterocycles. The molecule has 0 aromatic rings. The van der Waals surface area contributed by atoms with Crippen LogP contribution < -0.4 is 0 Å². The van der Waals surface area contributed by atoms with E-state index in [0.29, 0.717) is 0 Å². The van der Waals surface area contributed by atoms with Gasteiger partial charge in [0.1, 0.15) is 4.49 Å². The predicted octanol–water partition coefficient (Wildman–Crippen LogP) is 2.56. The summed E-state index contributed by atoms with van der Waals surface area (Å²) >= 11 is 15.1. The van der Waals surface area contributed by atoms with Crippen molar-refractivity contribution in [3.8, 4) is 0 Å². The second-order valence-corrected chi connectivity index (χ2v) is 1.97. The number of hydrogen-bond acceptors (Lipinski definition) is 0. The summed E-state index contributed by atoms with van der Waals surface area (Å²) in [7, 11) is 0. The third-order valence-corrected chi connectivity index (χ3v) is 1.08. The average molecular weight is 348 g/mol. The van der Waals surface area contributed by atoms with Crippen molar-refractivity contribution >= 4 is 34.8 Å². The standard InChI is InChI=1S/C3Cl3N.5CO.Cr/c1-7-3(6)2(4)5;5*1-2;. The molecular weight excluding hydrogens is 348 g/mol. The van der Waals surface area contributed by atoms with Crippen LogP contribution in [0.2, 0.25) is 0 Å². The zero-order valence-corrected chi connectivity index (χ0v) is 11.6. The molecule has 0 saturated heterocycles. The zero-order valence-electron chi connectivity index (χ0n) is 8.03. The van der Waals surface area contributed by atoms with Gasteiger partial charge in [0.15, 0.2) is 0 Å². The predicted molar refractivity (Wildman–Crippen MR) is 50.8 cm³/mol. The molecule has 10 heteroatoms. The molecule has 0 aliphatic rings. The third-order valence-electron chi connectivity index (χ3n) is 0.254. The van der Waals surface area contributed by atoms with Gasteiger partial charge in [-0.1, -0.05) is 23.2 Å². The molecule has 0 heterocycles. The van der Waals surface area contributed by atoms with Crippen LogP contribution in [0.25, 0.3) is 4.85 Å². The SMILES string of the molecule is [C-]#[N+]C(Cl)=C(Cl)Cl.[C-]#[O+].[C-]#[O+].[C-]#[O+].[C-]#[O+].[C-]#[O+].[Cr]. The molecule has 0 amide bonds. The van der Waals surface area contributed by atoms with Crippen LogP contribution in [0.1, 0.15) is 0 Å². The van der Waals surface area contributed by atoms with Crippen molar-refractivity contribution in [2.75, 3.05) is 0 Å². The van der Waals surface area contributed by atoms with Crippen LogP contribution in [-0.4, -0.2) is 0 Å². The van der Waals surface area contributed by atoms with Gasteiger partial charge in [-0.2, -0.15) is 0 Å². The van der Waals surface area contributed by atoms with E-state index in [4.69, 9.17) is 64.6 Å². The van der Waals surface area contributed by atoms with E-state index in [9.17, 15) is 0 Å². The van der Waals surface area contributed by atoms with Gasteiger partial charge in [-0.05, 0) is 0 Å². The Morgan fingerprint density at radius 3 is 0.833 bits per heavy atom. The van der Waals surface area contributed by atoms with Crippen molar-refractivity contribution in [3.05, 3.63) is 54.3 Å². The fourth-order valence-corrected chi connectivity index (χ4v) is 0.127. The Bertz CT molecular complexity index is 275. The van der Waals surface area contributed by atoms with E-state index in [0.717, 1.165) is 0 Å². The number of halogens is 3. The Morgan fingerprint density at radius 2 is 0.833 bits per heavy atom. The molecule has 0 unspecified atom stereocenters. The van der Waals surface area contributed by atoms with Crippen molar-refractivity contribution < 1.29 is 40.6 Å². The molecule has 0 aromatic carbocycles. The Balaban J connectivity index is -0.0000000189. The van der Waals surface area contributed by atoms with Crippen molar-refractivity contribution in [2.45, 2.75) is 0 Å². The molecular formula is C8Cl3CrNO5. The van der Waals surface area contributed by atoms with E-state index in [1.165, 1.54) is 0 Å². The maximum Gasteiger partial charge on any atom is 0 e. The summed E-state index contributed by atoms with van der Waals surface area (Å²) in [6.07, 6.45) is 0. The van der Waals surface area contributed by atoms with Gasteiger partial charge < -0.3 is 0 Å². The Kier molecular flexibility index (Phi) is 230. The topological polar surface area (TPSA) is 104 Å². The van der Waals surface area contributed by atoms with E-state index in [1.54, 1.807) is 0 Å². The van der Waals surface area contributed by atoms with E-state index in [1.807, 2.05) is 0 Å². The first-order valence-electron chi connectivity index (χ1n) is 2.28. The van der Waals surface area contributed by atoms with Crippen molar-refractivity contribution in [1.82, 2.24) is 0 Å². The van der Waals surface area contributed by atoms with E-state index < -0.39 is 0 Å². The van der Waals surface area contributed by atoms with E-state index in [2.05, 4.69) is 38.1 Å². The number of hydrogen-bond donors (Lipinski definition) is 0. The van der Waals surface area contributed by atoms with Gasteiger partial charge in [-0.15, -0.1) is 11.6 Å². The number of rotatable bonds is 0. The number of nitrogens with zero attached hydrogens (tertiary/aromatic N) is 1.